The van der Waals surface area contributed by atoms with E-state index in [9.17, 15) is 19.1 Å². The number of hydrogen-bond donors (Lipinski definition) is 3. The Morgan fingerprint density at radius 2 is 2.09 bits per heavy atom. The summed E-state index contributed by atoms with van der Waals surface area (Å²) in [6, 6.07) is 5.27. The van der Waals surface area contributed by atoms with Crippen molar-refractivity contribution in [1.29, 1.82) is 0 Å². The number of esters is 1. The third-order valence-electron chi connectivity index (χ3n) is 3.29. The Kier molecular flexibility index (Phi) is 8.04. The lowest BCUT2D eigenvalue weighted by Gasteiger charge is -2.22. The largest absolute Gasteiger partial charge is 0.466 e. The molecule has 0 aromatic heterocycles. The summed E-state index contributed by atoms with van der Waals surface area (Å²) in [6.45, 7) is 1.12. The predicted molar refractivity (Wildman–Crippen MR) is 84.6 cm³/mol. The summed E-state index contributed by atoms with van der Waals surface area (Å²) in [4.78, 5) is 23.9. The number of halogens is 1. The van der Waals surface area contributed by atoms with Gasteiger partial charge in [0.1, 0.15) is 12.8 Å². The van der Waals surface area contributed by atoms with Crippen molar-refractivity contribution in [3.63, 3.8) is 0 Å². The number of carbonyl (C=O) groups excluding carboxylic acids is 2. The molecule has 1 rings (SSSR count). The summed E-state index contributed by atoms with van der Waals surface area (Å²) >= 11 is 0. The quantitative estimate of drug-likeness (QED) is 0.362. The summed E-state index contributed by atoms with van der Waals surface area (Å²) in [7, 11) is 0. The zero-order valence-corrected chi connectivity index (χ0v) is 13.1. The fraction of sp³-hybridized carbons (Fsp3) is 0.500. The molecule has 0 aliphatic heterocycles. The summed E-state index contributed by atoms with van der Waals surface area (Å²) in [5.74, 6) is -1.18. The number of aliphatic hydroxyl groups is 1. The van der Waals surface area contributed by atoms with Gasteiger partial charge in [0.25, 0.3) is 5.91 Å². The smallest absolute Gasteiger partial charge is 0.307 e. The molecule has 1 amide bonds. The maximum Gasteiger partial charge on any atom is 0.307 e. The molecule has 6 nitrogen and oxygen atoms in total. The number of nitrogens with two attached hydrogens (primary N) is 1. The first-order valence-corrected chi connectivity index (χ1v) is 7.54. The number of benzene rings is 1. The Morgan fingerprint density at radius 1 is 1.39 bits per heavy atom. The SMILES string of the molecule is CCCCOC(=O)CC(NC(=O)c1ccccc1N)C(O)CF. The van der Waals surface area contributed by atoms with Crippen LogP contribution >= 0.6 is 0 Å². The number of anilines is 1. The molecule has 0 fully saturated rings. The molecule has 0 saturated heterocycles. The third kappa shape index (κ3) is 6.23. The van der Waals surface area contributed by atoms with Gasteiger partial charge in [0, 0.05) is 5.69 Å². The average molecular weight is 326 g/mol. The molecule has 0 aliphatic rings. The zero-order valence-electron chi connectivity index (χ0n) is 13.1. The normalized spacial score (nSPS) is 13.2. The molecule has 1 aromatic rings. The van der Waals surface area contributed by atoms with E-state index in [4.69, 9.17) is 10.5 Å². The van der Waals surface area contributed by atoms with Gasteiger partial charge in [-0.3, -0.25) is 9.59 Å². The van der Waals surface area contributed by atoms with Crippen LogP contribution in [0.15, 0.2) is 24.3 Å². The number of carbonyl (C=O) groups is 2. The molecule has 0 bridgehead atoms. The number of rotatable bonds is 9. The standard InChI is InChI=1S/C16H23FN2O4/c1-2-3-8-23-15(21)9-13(14(20)10-17)19-16(22)11-6-4-5-7-12(11)18/h4-7,13-14,20H,2-3,8-10,18H2,1H3,(H,19,22). The first-order valence-electron chi connectivity index (χ1n) is 7.54. The maximum absolute atomic E-state index is 12.7. The summed E-state index contributed by atoms with van der Waals surface area (Å²) in [5.41, 5.74) is 6.15. The second-order valence-electron chi connectivity index (χ2n) is 5.17. The number of para-hydroxylation sites is 1. The molecular weight excluding hydrogens is 303 g/mol. The number of nitrogen functional groups attached to an aromatic ring is 1. The van der Waals surface area contributed by atoms with Gasteiger partial charge in [0.15, 0.2) is 0 Å². The molecular formula is C16H23FN2O4. The van der Waals surface area contributed by atoms with E-state index in [-0.39, 0.29) is 24.3 Å². The van der Waals surface area contributed by atoms with Crippen molar-refractivity contribution in [3.8, 4) is 0 Å². The Labute approximate surface area is 134 Å². The number of unbranched alkanes of at least 4 members (excludes halogenated alkanes) is 1. The monoisotopic (exact) mass is 326 g/mol. The highest BCUT2D eigenvalue weighted by Gasteiger charge is 2.26. The van der Waals surface area contributed by atoms with Crippen LogP contribution in [0, 0.1) is 0 Å². The molecule has 23 heavy (non-hydrogen) atoms. The number of aliphatic hydroxyl groups excluding tert-OH is 1. The molecule has 0 saturated carbocycles. The predicted octanol–water partition coefficient (Wildman–Crippen LogP) is 1.43. The van der Waals surface area contributed by atoms with Crippen molar-refractivity contribution >= 4 is 17.6 Å². The minimum absolute atomic E-state index is 0.197. The number of hydrogen-bond acceptors (Lipinski definition) is 5. The lowest BCUT2D eigenvalue weighted by molar-refractivity contribution is -0.145. The first kappa shape index (κ1) is 18.9. The Morgan fingerprint density at radius 3 is 2.70 bits per heavy atom. The van der Waals surface area contributed by atoms with E-state index >= 15 is 0 Å². The van der Waals surface area contributed by atoms with Crippen molar-refractivity contribution < 1.29 is 23.8 Å². The minimum atomic E-state index is -1.50. The van der Waals surface area contributed by atoms with Gasteiger partial charge in [-0.25, -0.2) is 4.39 Å². The molecule has 2 unspecified atom stereocenters. The van der Waals surface area contributed by atoms with E-state index in [2.05, 4.69) is 5.32 Å². The molecule has 2 atom stereocenters. The van der Waals surface area contributed by atoms with Crippen molar-refractivity contribution in [1.82, 2.24) is 5.32 Å². The van der Waals surface area contributed by atoms with Gasteiger partial charge in [-0.15, -0.1) is 0 Å². The number of ether oxygens (including phenoxy) is 1. The van der Waals surface area contributed by atoms with Crippen LogP contribution in [0.5, 0.6) is 0 Å². The summed E-state index contributed by atoms with van der Waals surface area (Å²) < 4.78 is 17.7. The van der Waals surface area contributed by atoms with E-state index in [0.29, 0.717) is 0 Å². The van der Waals surface area contributed by atoms with Crippen LogP contribution in [0.3, 0.4) is 0 Å². The van der Waals surface area contributed by atoms with E-state index < -0.39 is 30.7 Å². The average Bonchev–Trinajstić information content (AvgIpc) is 2.54. The van der Waals surface area contributed by atoms with Crippen molar-refractivity contribution in [2.75, 3.05) is 19.0 Å². The van der Waals surface area contributed by atoms with Gasteiger partial charge in [0.05, 0.1) is 24.6 Å². The van der Waals surface area contributed by atoms with Gasteiger partial charge in [-0.2, -0.15) is 0 Å². The van der Waals surface area contributed by atoms with Gasteiger partial charge >= 0.3 is 5.97 Å². The van der Waals surface area contributed by atoms with Crippen molar-refractivity contribution in [2.24, 2.45) is 0 Å². The fourth-order valence-electron chi connectivity index (χ4n) is 1.91. The third-order valence-corrected chi connectivity index (χ3v) is 3.29. The second-order valence-corrected chi connectivity index (χ2v) is 5.17. The topological polar surface area (TPSA) is 102 Å². The number of amides is 1. The highest BCUT2D eigenvalue weighted by molar-refractivity contribution is 5.99. The molecule has 4 N–H and O–H groups in total. The Bertz CT molecular complexity index is 525. The lowest BCUT2D eigenvalue weighted by atomic mass is 10.1. The fourth-order valence-corrected chi connectivity index (χ4v) is 1.91. The van der Waals surface area contributed by atoms with Gasteiger partial charge in [-0.05, 0) is 18.6 Å². The van der Waals surface area contributed by atoms with Crippen molar-refractivity contribution in [3.05, 3.63) is 29.8 Å². The zero-order chi connectivity index (χ0) is 17.2. The van der Waals surface area contributed by atoms with Gasteiger partial charge in [-0.1, -0.05) is 25.5 Å². The van der Waals surface area contributed by atoms with Gasteiger partial charge in [0.2, 0.25) is 0 Å². The van der Waals surface area contributed by atoms with E-state index in [1.165, 1.54) is 6.07 Å². The van der Waals surface area contributed by atoms with Gasteiger partial charge < -0.3 is 20.9 Å². The van der Waals surface area contributed by atoms with Crippen LogP contribution < -0.4 is 11.1 Å². The van der Waals surface area contributed by atoms with Crippen LogP contribution in [0.2, 0.25) is 0 Å². The summed E-state index contributed by atoms with van der Waals surface area (Å²) in [6.07, 6.45) is -0.224. The van der Waals surface area contributed by atoms with Crippen LogP contribution in [-0.4, -0.2) is 42.4 Å². The molecule has 0 spiro atoms. The Hall–Kier alpha value is -2.15. The van der Waals surface area contributed by atoms with Crippen LogP contribution in [0.4, 0.5) is 10.1 Å². The maximum atomic E-state index is 12.7. The summed E-state index contributed by atoms with van der Waals surface area (Å²) in [5, 5.41) is 12.1. The molecule has 0 heterocycles. The molecule has 0 aliphatic carbocycles. The van der Waals surface area contributed by atoms with E-state index in [1.807, 2.05) is 6.92 Å². The highest BCUT2D eigenvalue weighted by Crippen LogP contribution is 2.12. The van der Waals surface area contributed by atoms with Crippen LogP contribution in [0.1, 0.15) is 36.5 Å². The lowest BCUT2D eigenvalue weighted by Crippen LogP contribution is -2.46. The minimum Gasteiger partial charge on any atom is -0.466 e. The van der Waals surface area contributed by atoms with Crippen LogP contribution in [0.25, 0.3) is 0 Å². The van der Waals surface area contributed by atoms with Crippen molar-refractivity contribution in [2.45, 2.75) is 38.3 Å². The molecule has 1 aromatic carbocycles. The Balaban J connectivity index is 2.69. The molecule has 0 radical (unpaired) electrons. The highest BCUT2D eigenvalue weighted by atomic mass is 19.1. The van der Waals surface area contributed by atoms with E-state index in [1.54, 1.807) is 18.2 Å². The van der Waals surface area contributed by atoms with E-state index in [0.717, 1.165) is 12.8 Å². The number of nitrogens with one attached hydrogen (secondary N) is 1. The second kappa shape index (κ2) is 9.78. The number of alkyl halides is 1. The first-order chi connectivity index (χ1) is 11.0. The van der Waals surface area contributed by atoms with Crippen LogP contribution in [-0.2, 0) is 9.53 Å². The molecule has 7 heteroatoms. The molecule has 128 valence electrons.